The van der Waals surface area contributed by atoms with Gasteiger partial charge in [0.2, 0.25) is 0 Å². The molecule has 2 aromatic rings. The van der Waals surface area contributed by atoms with Crippen molar-refractivity contribution < 1.29 is 9.53 Å². The summed E-state index contributed by atoms with van der Waals surface area (Å²) in [5.74, 6) is -0.179. The second kappa shape index (κ2) is 6.90. The lowest BCUT2D eigenvalue weighted by atomic mass is 10.0. The van der Waals surface area contributed by atoms with Crippen molar-refractivity contribution in [3.8, 4) is 0 Å². The lowest BCUT2D eigenvalue weighted by Gasteiger charge is -2.15. The van der Waals surface area contributed by atoms with Crippen LogP contribution in [0.2, 0.25) is 0 Å². The van der Waals surface area contributed by atoms with Crippen molar-refractivity contribution in [2.75, 3.05) is 6.61 Å². The minimum absolute atomic E-state index is 0.168. The number of esters is 1. The van der Waals surface area contributed by atoms with Gasteiger partial charge in [0.25, 0.3) is 0 Å². The van der Waals surface area contributed by atoms with Gasteiger partial charge in [0, 0.05) is 5.92 Å². The van der Waals surface area contributed by atoms with Gasteiger partial charge >= 0.3 is 5.97 Å². The molecule has 2 atom stereocenters. The molecule has 0 amide bonds. The van der Waals surface area contributed by atoms with E-state index in [1.54, 1.807) is 0 Å². The van der Waals surface area contributed by atoms with E-state index in [2.05, 4.69) is 19.1 Å². The SMILES string of the molecule is C[C@H](COC(=O)[C@H](C)c1ccccc1)c1ccccc1. The maximum Gasteiger partial charge on any atom is 0.313 e. The molecule has 2 aromatic carbocycles. The zero-order chi connectivity index (χ0) is 14.4. The van der Waals surface area contributed by atoms with E-state index in [1.807, 2.05) is 55.5 Å². The molecule has 104 valence electrons. The van der Waals surface area contributed by atoms with Gasteiger partial charge in [-0.25, -0.2) is 0 Å². The van der Waals surface area contributed by atoms with E-state index in [1.165, 1.54) is 5.56 Å². The van der Waals surface area contributed by atoms with Crippen molar-refractivity contribution in [3.63, 3.8) is 0 Å². The largest absolute Gasteiger partial charge is 0.465 e. The first-order valence-corrected chi connectivity index (χ1v) is 6.95. The van der Waals surface area contributed by atoms with E-state index >= 15 is 0 Å². The van der Waals surface area contributed by atoms with Crippen LogP contribution < -0.4 is 0 Å². The van der Waals surface area contributed by atoms with Gasteiger partial charge in [-0.2, -0.15) is 0 Å². The number of hydrogen-bond acceptors (Lipinski definition) is 2. The van der Waals surface area contributed by atoms with E-state index in [-0.39, 0.29) is 17.8 Å². The average Bonchev–Trinajstić information content (AvgIpc) is 2.53. The molecule has 2 nitrogen and oxygen atoms in total. The highest BCUT2D eigenvalue weighted by atomic mass is 16.5. The Kier molecular flexibility index (Phi) is 4.94. The summed E-state index contributed by atoms with van der Waals surface area (Å²) in [4.78, 5) is 12.1. The first kappa shape index (κ1) is 14.3. The molecular formula is C18H20O2. The van der Waals surface area contributed by atoms with Gasteiger partial charge in [0.05, 0.1) is 12.5 Å². The standard InChI is InChI=1S/C18H20O2/c1-14(16-9-5-3-6-10-16)13-20-18(19)15(2)17-11-7-4-8-12-17/h3-12,14-15H,13H2,1-2H3/t14-,15-/m1/s1. The fourth-order valence-electron chi connectivity index (χ4n) is 2.09. The van der Waals surface area contributed by atoms with Gasteiger partial charge in [-0.1, -0.05) is 67.6 Å². The maximum absolute atomic E-state index is 12.1. The molecule has 0 saturated heterocycles. The summed E-state index contributed by atoms with van der Waals surface area (Å²) >= 11 is 0. The van der Waals surface area contributed by atoms with Gasteiger partial charge in [0.1, 0.15) is 0 Å². The van der Waals surface area contributed by atoms with Gasteiger partial charge in [-0.05, 0) is 18.1 Å². The first-order valence-electron chi connectivity index (χ1n) is 6.95. The third kappa shape index (κ3) is 3.70. The van der Waals surface area contributed by atoms with E-state index in [4.69, 9.17) is 4.74 Å². The Hall–Kier alpha value is -2.09. The van der Waals surface area contributed by atoms with Crippen molar-refractivity contribution in [2.24, 2.45) is 0 Å². The molecule has 2 rings (SSSR count). The molecule has 0 N–H and O–H groups in total. The fraction of sp³-hybridized carbons (Fsp3) is 0.278. The highest BCUT2D eigenvalue weighted by Crippen LogP contribution is 2.19. The molecule has 0 heterocycles. The predicted molar refractivity (Wildman–Crippen MR) is 80.7 cm³/mol. The molecule has 0 aliphatic rings. The van der Waals surface area contributed by atoms with Crippen LogP contribution in [0.5, 0.6) is 0 Å². The summed E-state index contributed by atoms with van der Waals surface area (Å²) in [6.45, 7) is 4.36. The quantitative estimate of drug-likeness (QED) is 0.762. The van der Waals surface area contributed by atoms with Gasteiger partial charge in [-0.3, -0.25) is 4.79 Å². The second-order valence-electron chi connectivity index (χ2n) is 5.07. The summed E-state index contributed by atoms with van der Waals surface area (Å²) in [5, 5.41) is 0. The highest BCUT2D eigenvalue weighted by Gasteiger charge is 2.17. The molecule has 0 bridgehead atoms. The lowest BCUT2D eigenvalue weighted by Crippen LogP contribution is -2.16. The molecule has 0 unspecified atom stereocenters. The number of ether oxygens (including phenoxy) is 1. The molecule has 0 fully saturated rings. The van der Waals surface area contributed by atoms with Crippen molar-refractivity contribution in [1.29, 1.82) is 0 Å². The Morgan fingerprint density at radius 3 is 1.95 bits per heavy atom. The number of carbonyl (C=O) groups is 1. The van der Waals surface area contributed by atoms with Crippen molar-refractivity contribution >= 4 is 5.97 Å². The van der Waals surface area contributed by atoms with Crippen LogP contribution in [0, 0.1) is 0 Å². The molecular weight excluding hydrogens is 248 g/mol. The van der Waals surface area contributed by atoms with Crippen molar-refractivity contribution in [3.05, 3.63) is 71.8 Å². The van der Waals surface area contributed by atoms with Crippen LogP contribution in [0.3, 0.4) is 0 Å². The molecule has 0 aliphatic heterocycles. The Balaban J connectivity index is 1.89. The number of rotatable bonds is 5. The van der Waals surface area contributed by atoms with Crippen LogP contribution in [0.25, 0.3) is 0 Å². The van der Waals surface area contributed by atoms with Crippen LogP contribution in [-0.4, -0.2) is 12.6 Å². The highest BCUT2D eigenvalue weighted by molar-refractivity contribution is 5.77. The molecule has 0 aliphatic carbocycles. The van der Waals surface area contributed by atoms with Crippen LogP contribution in [0.15, 0.2) is 60.7 Å². The predicted octanol–water partition coefficient (Wildman–Crippen LogP) is 4.14. The summed E-state index contributed by atoms with van der Waals surface area (Å²) < 4.78 is 5.44. The Bertz CT molecular complexity index is 534. The molecule has 20 heavy (non-hydrogen) atoms. The van der Waals surface area contributed by atoms with Crippen molar-refractivity contribution in [2.45, 2.75) is 25.7 Å². The summed E-state index contributed by atoms with van der Waals surface area (Å²) in [5.41, 5.74) is 2.18. The number of carbonyl (C=O) groups excluding carboxylic acids is 1. The third-order valence-electron chi connectivity index (χ3n) is 3.50. The summed E-state index contributed by atoms with van der Waals surface area (Å²) in [7, 11) is 0. The zero-order valence-electron chi connectivity index (χ0n) is 12.0. The first-order chi connectivity index (χ1) is 9.68. The minimum atomic E-state index is -0.223. The van der Waals surface area contributed by atoms with E-state index < -0.39 is 0 Å². The van der Waals surface area contributed by atoms with Crippen molar-refractivity contribution in [1.82, 2.24) is 0 Å². The molecule has 0 aromatic heterocycles. The number of benzene rings is 2. The normalized spacial score (nSPS) is 13.5. The smallest absolute Gasteiger partial charge is 0.313 e. The van der Waals surface area contributed by atoms with Gasteiger partial charge in [0.15, 0.2) is 0 Å². The van der Waals surface area contributed by atoms with Crippen LogP contribution >= 0.6 is 0 Å². The molecule has 0 spiro atoms. The summed E-state index contributed by atoms with van der Waals surface area (Å²) in [6.07, 6.45) is 0. The van der Waals surface area contributed by atoms with Crippen LogP contribution in [0.1, 0.15) is 36.8 Å². The zero-order valence-corrected chi connectivity index (χ0v) is 12.0. The van der Waals surface area contributed by atoms with E-state index in [0.29, 0.717) is 6.61 Å². The third-order valence-corrected chi connectivity index (χ3v) is 3.50. The molecule has 2 heteroatoms. The monoisotopic (exact) mass is 268 g/mol. The topological polar surface area (TPSA) is 26.3 Å². The average molecular weight is 268 g/mol. The Morgan fingerprint density at radius 2 is 1.40 bits per heavy atom. The lowest BCUT2D eigenvalue weighted by molar-refractivity contribution is -0.145. The maximum atomic E-state index is 12.1. The number of hydrogen-bond donors (Lipinski definition) is 0. The Morgan fingerprint density at radius 1 is 0.900 bits per heavy atom. The van der Waals surface area contributed by atoms with Crippen LogP contribution in [0.4, 0.5) is 0 Å². The van der Waals surface area contributed by atoms with Gasteiger partial charge in [-0.15, -0.1) is 0 Å². The fourth-order valence-corrected chi connectivity index (χ4v) is 2.09. The second-order valence-corrected chi connectivity index (χ2v) is 5.07. The molecule has 0 saturated carbocycles. The minimum Gasteiger partial charge on any atom is -0.465 e. The van der Waals surface area contributed by atoms with Gasteiger partial charge < -0.3 is 4.74 Å². The van der Waals surface area contributed by atoms with E-state index in [9.17, 15) is 4.79 Å². The summed E-state index contributed by atoms with van der Waals surface area (Å²) in [6, 6.07) is 19.8. The molecule has 0 radical (unpaired) electrons. The van der Waals surface area contributed by atoms with E-state index in [0.717, 1.165) is 5.56 Å². The Labute approximate surface area is 120 Å². The van der Waals surface area contributed by atoms with Crippen LogP contribution in [-0.2, 0) is 9.53 Å².